The number of esters is 5. The molecule has 292 valence electrons. The first-order valence-corrected chi connectivity index (χ1v) is 19.0. The quantitative estimate of drug-likeness (QED) is 0.160. The van der Waals surface area contributed by atoms with Gasteiger partial charge in [-0.15, -0.1) is 0 Å². The standard InChI is InChI=1S/C39H58O13/c1-20(9-12-33(45)46-8)27-10-11-28-26-18-31(44)30-17-25(13-15-39(30,7)29(26)14-16-38(27,28)6)51-37-36(50-24(5)43)35(49-23(4)42)34(48-22(3)41)32(52-37)19-47-21(2)40/h20,25-30,32,34-37H,9-19H2,1-8H3/t20-,25-,26+,27-,28+,29+,30+,32-,34-,35+,36-,37-,38-,39-/m1/s1. The van der Waals surface area contributed by atoms with Crippen LogP contribution < -0.4 is 0 Å². The summed E-state index contributed by atoms with van der Waals surface area (Å²) >= 11 is 0. The van der Waals surface area contributed by atoms with Crippen molar-refractivity contribution in [1.29, 1.82) is 0 Å². The highest BCUT2D eigenvalue weighted by atomic mass is 16.7. The molecule has 13 heteroatoms. The van der Waals surface area contributed by atoms with Gasteiger partial charge in [0, 0.05) is 46.5 Å². The zero-order chi connectivity index (χ0) is 38.1. The smallest absolute Gasteiger partial charge is 0.305 e. The summed E-state index contributed by atoms with van der Waals surface area (Å²) in [5.41, 5.74) is -0.0628. The Bertz CT molecular complexity index is 1380. The minimum Gasteiger partial charge on any atom is -0.469 e. The van der Waals surface area contributed by atoms with Crippen molar-refractivity contribution in [3.63, 3.8) is 0 Å². The van der Waals surface area contributed by atoms with E-state index in [-0.39, 0.29) is 35.1 Å². The third kappa shape index (κ3) is 8.20. The number of methoxy groups -OCH3 is 1. The summed E-state index contributed by atoms with van der Waals surface area (Å²) in [6.07, 6.45) is 1.33. The van der Waals surface area contributed by atoms with Crippen LogP contribution in [-0.2, 0) is 61.9 Å². The monoisotopic (exact) mass is 734 g/mol. The van der Waals surface area contributed by atoms with Crippen LogP contribution in [0.5, 0.6) is 0 Å². The van der Waals surface area contributed by atoms with E-state index in [1.165, 1.54) is 34.8 Å². The van der Waals surface area contributed by atoms with E-state index in [1.54, 1.807) is 0 Å². The molecule has 13 nitrogen and oxygen atoms in total. The highest BCUT2D eigenvalue weighted by molar-refractivity contribution is 5.83. The number of rotatable bonds is 11. The SMILES string of the molecule is COC(=O)CC[C@@H](C)[C@H]1CC[C@H]2[C@@H]3CC(=O)[C@@H]4C[C@H](O[C@@H]5O[C@H](COC(C)=O)[C@@H](OC(C)=O)[C@H](OC(C)=O)[C@H]5OC(C)=O)CC[C@]4(C)[C@H]3CC[C@]12C. The molecule has 1 heterocycles. The van der Waals surface area contributed by atoms with Gasteiger partial charge in [0.2, 0.25) is 0 Å². The third-order valence-electron chi connectivity index (χ3n) is 13.5. The molecule has 4 aliphatic carbocycles. The second kappa shape index (κ2) is 16.1. The van der Waals surface area contributed by atoms with E-state index in [2.05, 4.69) is 20.8 Å². The van der Waals surface area contributed by atoms with Crippen LogP contribution in [0.3, 0.4) is 0 Å². The summed E-state index contributed by atoms with van der Waals surface area (Å²) in [4.78, 5) is 74.6. The second-order valence-electron chi connectivity index (χ2n) is 16.5. The van der Waals surface area contributed by atoms with Gasteiger partial charge >= 0.3 is 29.8 Å². The minimum atomic E-state index is -1.31. The molecule has 1 saturated heterocycles. The molecule has 52 heavy (non-hydrogen) atoms. The topological polar surface area (TPSA) is 167 Å². The molecule has 0 bridgehead atoms. The van der Waals surface area contributed by atoms with Gasteiger partial charge in [-0.3, -0.25) is 28.8 Å². The number of ether oxygens (including phenoxy) is 7. The normalized spacial score (nSPS) is 40.2. The largest absolute Gasteiger partial charge is 0.469 e. The van der Waals surface area contributed by atoms with E-state index in [1.807, 2.05) is 0 Å². The maximum atomic E-state index is 14.2. The van der Waals surface area contributed by atoms with Crippen LogP contribution in [0.25, 0.3) is 0 Å². The molecule has 5 fully saturated rings. The van der Waals surface area contributed by atoms with Crippen molar-refractivity contribution < 1.29 is 61.9 Å². The van der Waals surface area contributed by atoms with Gasteiger partial charge in [0.1, 0.15) is 18.5 Å². The van der Waals surface area contributed by atoms with Gasteiger partial charge in [-0.05, 0) is 91.8 Å². The van der Waals surface area contributed by atoms with E-state index < -0.39 is 60.7 Å². The highest BCUT2D eigenvalue weighted by Gasteiger charge is 2.63. The lowest BCUT2D eigenvalue weighted by molar-refractivity contribution is -0.320. The fraction of sp³-hybridized carbons (Fsp3) is 0.846. The fourth-order valence-corrected chi connectivity index (χ4v) is 11.2. The summed E-state index contributed by atoms with van der Waals surface area (Å²) in [7, 11) is 1.44. The molecular formula is C39H58O13. The van der Waals surface area contributed by atoms with Crippen LogP contribution in [0, 0.1) is 46.3 Å². The van der Waals surface area contributed by atoms with Gasteiger partial charge < -0.3 is 33.2 Å². The number of ketones is 1. The summed E-state index contributed by atoms with van der Waals surface area (Å²) in [6, 6.07) is 0. The van der Waals surface area contributed by atoms with Gasteiger partial charge in [0.25, 0.3) is 0 Å². The van der Waals surface area contributed by atoms with Crippen LogP contribution in [0.1, 0.15) is 113 Å². The molecule has 0 N–H and O–H groups in total. The highest BCUT2D eigenvalue weighted by Crippen LogP contribution is 2.68. The van der Waals surface area contributed by atoms with Gasteiger partial charge in [0.15, 0.2) is 24.6 Å². The Labute approximate surface area is 306 Å². The number of carbonyl (C=O) groups is 6. The molecule has 0 aromatic rings. The maximum Gasteiger partial charge on any atom is 0.305 e. The molecule has 0 spiro atoms. The Kier molecular flexibility index (Phi) is 12.4. The molecule has 5 aliphatic rings. The van der Waals surface area contributed by atoms with E-state index >= 15 is 0 Å². The lowest BCUT2D eigenvalue weighted by Crippen LogP contribution is -2.63. The summed E-state index contributed by atoms with van der Waals surface area (Å²) in [5.74, 6) is -0.744. The predicted octanol–water partition coefficient (Wildman–Crippen LogP) is 4.88. The Morgan fingerprint density at radius 2 is 1.42 bits per heavy atom. The van der Waals surface area contributed by atoms with E-state index in [9.17, 15) is 28.8 Å². The zero-order valence-corrected chi connectivity index (χ0v) is 32.0. The van der Waals surface area contributed by atoms with Crippen LogP contribution >= 0.6 is 0 Å². The summed E-state index contributed by atoms with van der Waals surface area (Å²) in [5, 5.41) is 0. The average Bonchev–Trinajstić information content (AvgIpc) is 3.42. The van der Waals surface area contributed by atoms with Crippen molar-refractivity contribution in [3.05, 3.63) is 0 Å². The van der Waals surface area contributed by atoms with Crippen LogP contribution in [0.4, 0.5) is 0 Å². The van der Waals surface area contributed by atoms with Crippen molar-refractivity contribution in [3.8, 4) is 0 Å². The lowest BCUT2D eigenvalue weighted by Gasteiger charge is -2.60. The van der Waals surface area contributed by atoms with Crippen LogP contribution in [-0.4, -0.2) is 86.2 Å². The maximum absolute atomic E-state index is 14.2. The number of carbonyl (C=O) groups excluding carboxylic acids is 6. The number of Topliss-reactive ketones (excluding diaryl/α,β-unsaturated/α-hetero) is 1. The molecule has 4 saturated carbocycles. The first-order chi connectivity index (χ1) is 24.5. The minimum absolute atomic E-state index is 0.135. The van der Waals surface area contributed by atoms with Gasteiger partial charge in [-0.25, -0.2) is 0 Å². The lowest BCUT2D eigenvalue weighted by atomic mass is 9.44. The molecule has 0 amide bonds. The number of hydrogen-bond acceptors (Lipinski definition) is 13. The second-order valence-corrected chi connectivity index (χ2v) is 16.5. The predicted molar refractivity (Wildman–Crippen MR) is 183 cm³/mol. The van der Waals surface area contributed by atoms with Crippen molar-refractivity contribution in [2.75, 3.05) is 13.7 Å². The Hall–Kier alpha value is -3.06. The Balaban J connectivity index is 1.33. The number of hydrogen-bond donors (Lipinski definition) is 0. The molecule has 5 rings (SSSR count). The molecule has 0 radical (unpaired) electrons. The van der Waals surface area contributed by atoms with Gasteiger partial charge in [-0.1, -0.05) is 20.8 Å². The van der Waals surface area contributed by atoms with E-state index in [4.69, 9.17) is 33.2 Å². The number of fused-ring (bicyclic) bond motifs is 5. The fourth-order valence-electron chi connectivity index (χ4n) is 11.2. The molecule has 14 atom stereocenters. The van der Waals surface area contributed by atoms with Crippen molar-refractivity contribution in [1.82, 2.24) is 0 Å². The zero-order valence-electron chi connectivity index (χ0n) is 32.0. The molecule has 0 aromatic carbocycles. The van der Waals surface area contributed by atoms with Crippen molar-refractivity contribution >= 4 is 35.6 Å². The van der Waals surface area contributed by atoms with Crippen molar-refractivity contribution in [2.24, 2.45) is 46.3 Å². The molecule has 0 unspecified atom stereocenters. The van der Waals surface area contributed by atoms with Crippen LogP contribution in [0.2, 0.25) is 0 Å². The van der Waals surface area contributed by atoms with E-state index in [0.29, 0.717) is 55.3 Å². The molecule has 0 aromatic heterocycles. The molecule has 1 aliphatic heterocycles. The Morgan fingerprint density at radius 3 is 2.06 bits per heavy atom. The summed E-state index contributed by atoms with van der Waals surface area (Å²) < 4.78 is 39.6. The summed E-state index contributed by atoms with van der Waals surface area (Å²) in [6.45, 7) is 11.4. The first kappa shape index (κ1) is 40.1. The van der Waals surface area contributed by atoms with Gasteiger partial charge in [-0.2, -0.15) is 0 Å². The first-order valence-electron chi connectivity index (χ1n) is 19.0. The van der Waals surface area contributed by atoms with Crippen molar-refractivity contribution in [2.45, 2.75) is 149 Å². The Morgan fingerprint density at radius 1 is 0.808 bits per heavy atom. The van der Waals surface area contributed by atoms with Crippen LogP contribution in [0.15, 0.2) is 0 Å². The molecular weight excluding hydrogens is 676 g/mol. The third-order valence-corrected chi connectivity index (χ3v) is 13.5. The van der Waals surface area contributed by atoms with E-state index in [0.717, 1.165) is 38.5 Å². The van der Waals surface area contributed by atoms with Gasteiger partial charge in [0.05, 0.1) is 13.2 Å². The average molecular weight is 735 g/mol.